The number of halogens is 1. The number of rotatable bonds is 9. The number of nitrogens with zero attached hydrogens (tertiary/aromatic N) is 3. The van der Waals surface area contributed by atoms with Gasteiger partial charge in [0.15, 0.2) is 22.5 Å². The Kier molecular flexibility index (Phi) is 7.21. The fourth-order valence-corrected chi connectivity index (χ4v) is 4.60. The lowest BCUT2D eigenvalue weighted by Gasteiger charge is -2.26. The monoisotopic (exact) mass is 452 g/mol. The largest absolute Gasteiger partial charge is 0.483 e. The molecule has 1 heterocycles. The number of fused-ring (bicyclic) bond motifs is 1. The summed E-state index contributed by atoms with van der Waals surface area (Å²) in [6.07, 6.45) is 4.78. The van der Waals surface area contributed by atoms with Gasteiger partial charge in [-0.15, -0.1) is 16.8 Å². The number of hydrogen-bond donors (Lipinski definition) is 1. The maximum atomic E-state index is 13.8. The van der Waals surface area contributed by atoms with E-state index in [1.165, 1.54) is 29.0 Å². The molecule has 0 saturated heterocycles. The van der Waals surface area contributed by atoms with Crippen LogP contribution < -0.4 is 10.1 Å². The Morgan fingerprint density at radius 3 is 2.91 bits per heavy atom. The lowest BCUT2D eigenvalue weighted by Crippen LogP contribution is -2.32. The summed E-state index contributed by atoms with van der Waals surface area (Å²) in [5.41, 5.74) is 2.52. The average molecular weight is 453 g/mol. The summed E-state index contributed by atoms with van der Waals surface area (Å²) in [5.74, 6) is 0.438. The van der Waals surface area contributed by atoms with Gasteiger partial charge in [-0.2, -0.15) is 0 Å². The molecule has 0 bridgehead atoms. The molecule has 4 rings (SSSR count). The van der Waals surface area contributed by atoms with Crippen molar-refractivity contribution >= 4 is 17.7 Å². The number of ether oxygens (including phenoxy) is 1. The highest BCUT2D eigenvalue weighted by Crippen LogP contribution is 2.29. The van der Waals surface area contributed by atoms with Gasteiger partial charge in [-0.05, 0) is 42.5 Å². The van der Waals surface area contributed by atoms with Gasteiger partial charge in [-0.3, -0.25) is 9.36 Å². The van der Waals surface area contributed by atoms with Crippen molar-refractivity contribution in [3.05, 3.63) is 84.0 Å². The van der Waals surface area contributed by atoms with E-state index >= 15 is 0 Å². The minimum Gasteiger partial charge on any atom is -0.483 e. The van der Waals surface area contributed by atoms with Gasteiger partial charge < -0.3 is 10.1 Å². The minimum atomic E-state index is -0.433. The number of aromatic nitrogens is 3. The second kappa shape index (κ2) is 10.5. The summed E-state index contributed by atoms with van der Waals surface area (Å²) >= 11 is 1.31. The lowest BCUT2D eigenvalue weighted by atomic mass is 9.88. The predicted octanol–water partition coefficient (Wildman–Crippen LogP) is 4.47. The number of para-hydroxylation sites is 1. The van der Waals surface area contributed by atoms with E-state index in [1.54, 1.807) is 24.3 Å². The van der Waals surface area contributed by atoms with E-state index in [4.69, 9.17) is 4.74 Å². The normalized spacial score (nSPS) is 15.1. The van der Waals surface area contributed by atoms with Crippen molar-refractivity contribution in [2.75, 3.05) is 5.75 Å². The molecule has 8 heteroatoms. The highest BCUT2D eigenvalue weighted by Gasteiger charge is 2.22. The summed E-state index contributed by atoms with van der Waals surface area (Å²) in [6, 6.07) is 14.5. The van der Waals surface area contributed by atoms with Gasteiger partial charge in [-0.25, -0.2) is 4.39 Å². The van der Waals surface area contributed by atoms with Crippen LogP contribution in [0.25, 0.3) is 0 Å². The van der Waals surface area contributed by atoms with Crippen LogP contribution in [0.1, 0.15) is 35.8 Å². The summed E-state index contributed by atoms with van der Waals surface area (Å²) < 4.78 is 21.2. The highest BCUT2D eigenvalue weighted by atomic mass is 32.2. The van der Waals surface area contributed by atoms with Crippen molar-refractivity contribution in [1.82, 2.24) is 20.1 Å². The molecular weight excluding hydrogens is 427 g/mol. The van der Waals surface area contributed by atoms with Gasteiger partial charge in [0.2, 0.25) is 5.91 Å². The topological polar surface area (TPSA) is 69.0 Å². The number of carbonyl (C=O) groups is 1. The van der Waals surface area contributed by atoms with Crippen molar-refractivity contribution in [2.24, 2.45) is 0 Å². The zero-order valence-corrected chi connectivity index (χ0v) is 18.5. The molecule has 0 saturated carbocycles. The molecule has 0 radical (unpaired) electrons. The number of hydrogen-bond acceptors (Lipinski definition) is 5. The zero-order valence-electron chi connectivity index (χ0n) is 17.7. The van der Waals surface area contributed by atoms with Crippen molar-refractivity contribution < 1.29 is 13.9 Å². The average Bonchev–Trinajstić information content (AvgIpc) is 3.19. The SMILES string of the molecule is C=CCn1c(COc2ccccc2F)nnc1SCC(=O)NC1CCCc2ccccc21. The van der Waals surface area contributed by atoms with Crippen molar-refractivity contribution in [3.63, 3.8) is 0 Å². The van der Waals surface area contributed by atoms with Gasteiger partial charge in [0.1, 0.15) is 6.61 Å². The summed E-state index contributed by atoms with van der Waals surface area (Å²) in [4.78, 5) is 12.6. The Balaban J connectivity index is 1.37. The number of amides is 1. The van der Waals surface area contributed by atoms with Crippen LogP contribution >= 0.6 is 11.8 Å². The number of allylic oxidation sites excluding steroid dienone is 1. The standard InChI is InChI=1S/C24H25FN4O2S/c1-2-14-29-22(15-31-21-13-6-5-11-19(21)25)27-28-24(29)32-16-23(30)26-20-12-7-9-17-8-3-4-10-18(17)20/h2-6,8,10-11,13,20H,1,7,9,12,14-16H2,(H,26,30). The van der Waals surface area contributed by atoms with Crippen LogP contribution in [-0.2, 0) is 24.4 Å². The number of benzene rings is 2. The van der Waals surface area contributed by atoms with Crippen molar-refractivity contribution in [1.29, 1.82) is 0 Å². The van der Waals surface area contributed by atoms with Crippen LogP contribution in [0.15, 0.2) is 66.3 Å². The van der Waals surface area contributed by atoms with E-state index in [9.17, 15) is 9.18 Å². The van der Waals surface area contributed by atoms with Gasteiger partial charge in [0.05, 0.1) is 11.8 Å². The highest BCUT2D eigenvalue weighted by molar-refractivity contribution is 7.99. The number of thioether (sulfide) groups is 1. The Labute approximate surface area is 190 Å². The third kappa shape index (κ3) is 5.19. The summed E-state index contributed by atoms with van der Waals surface area (Å²) in [5, 5.41) is 12.1. The minimum absolute atomic E-state index is 0.0452. The first-order chi connectivity index (χ1) is 15.7. The Morgan fingerprint density at radius 2 is 2.06 bits per heavy atom. The first-order valence-electron chi connectivity index (χ1n) is 10.6. The number of carbonyl (C=O) groups excluding carboxylic acids is 1. The molecule has 32 heavy (non-hydrogen) atoms. The van der Waals surface area contributed by atoms with E-state index in [-0.39, 0.29) is 30.1 Å². The quantitative estimate of drug-likeness (QED) is 0.383. The summed E-state index contributed by atoms with van der Waals surface area (Å²) in [7, 11) is 0. The van der Waals surface area contributed by atoms with E-state index in [2.05, 4.69) is 34.2 Å². The molecule has 0 spiro atoms. The van der Waals surface area contributed by atoms with Gasteiger partial charge >= 0.3 is 0 Å². The third-order valence-corrected chi connectivity index (χ3v) is 6.30. The Morgan fingerprint density at radius 1 is 1.25 bits per heavy atom. The molecule has 1 aliphatic rings. The first-order valence-corrected chi connectivity index (χ1v) is 11.5. The summed E-state index contributed by atoms with van der Waals surface area (Å²) in [6.45, 7) is 4.30. The molecule has 2 aromatic carbocycles. The molecule has 166 valence electrons. The Hall–Kier alpha value is -3.13. The zero-order chi connectivity index (χ0) is 22.3. The van der Waals surface area contributed by atoms with Gasteiger partial charge in [0, 0.05) is 6.54 Å². The molecule has 1 amide bonds. The van der Waals surface area contributed by atoms with Crippen molar-refractivity contribution in [3.8, 4) is 5.75 Å². The van der Waals surface area contributed by atoms with Crippen LogP contribution in [0.5, 0.6) is 5.75 Å². The first kappa shape index (κ1) is 22.1. The molecule has 1 unspecified atom stereocenters. The second-order valence-corrected chi connectivity index (χ2v) is 8.46. The Bertz CT molecular complexity index is 1100. The molecule has 1 atom stereocenters. The van der Waals surface area contributed by atoms with Crippen LogP contribution in [0, 0.1) is 5.82 Å². The van der Waals surface area contributed by atoms with E-state index in [1.807, 2.05) is 16.7 Å². The fraction of sp³-hybridized carbons (Fsp3) is 0.292. The molecule has 1 aliphatic carbocycles. The van der Waals surface area contributed by atoms with Crippen LogP contribution in [0.3, 0.4) is 0 Å². The number of aryl methyl sites for hydroxylation is 1. The van der Waals surface area contributed by atoms with Crippen LogP contribution in [0.2, 0.25) is 0 Å². The van der Waals surface area contributed by atoms with Crippen LogP contribution in [-0.4, -0.2) is 26.4 Å². The molecule has 3 aromatic rings. The third-order valence-electron chi connectivity index (χ3n) is 5.34. The number of nitrogens with one attached hydrogen (secondary N) is 1. The maximum Gasteiger partial charge on any atom is 0.230 e. The predicted molar refractivity (Wildman–Crippen MR) is 122 cm³/mol. The fourth-order valence-electron chi connectivity index (χ4n) is 3.82. The molecule has 1 aromatic heterocycles. The van der Waals surface area contributed by atoms with Gasteiger partial charge in [0.25, 0.3) is 0 Å². The molecule has 0 aliphatic heterocycles. The molecular formula is C24H25FN4O2S. The van der Waals surface area contributed by atoms with E-state index < -0.39 is 5.82 Å². The smallest absolute Gasteiger partial charge is 0.230 e. The van der Waals surface area contributed by atoms with Crippen LogP contribution in [0.4, 0.5) is 4.39 Å². The lowest BCUT2D eigenvalue weighted by molar-refractivity contribution is -0.119. The van der Waals surface area contributed by atoms with Gasteiger partial charge in [-0.1, -0.05) is 54.2 Å². The van der Waals surface area contributed by atoms with E-state index in [0.29, 0.717) is 17.5 Å². The molecule has 6 nitrogen and oxygen atoms in total. The second-order valence-electron chi connectivity index (χ2n) is 7.52. The van der Waals surface area contributed by atoms with E-state index in [0.717, 1.165) is 19.3 Å². The molecule has 1 N–H and O–H groups in total. The molecule has 0 fully saturated rings. The maximum absolute atomic E-state index is 13.8. The van der Waals surface area contributed by atoms with Crippen molar-refractivity contribution in [2.45, 2.75) is 43.6 Å².